The fourth-order valence-corrected chi connectivity index (χ4v) is 7.46. The van der Waals surface area contributed by atoms with Crippen molar-refractivity contribution in [3.05, 3.63) is 60.7 Å². The first-order chi connectivity index (χ1) is 11.5. The Kier molecular flexibility index (Phi) is 5.47. The fraction of sp³-hybridized carbons (Fsp3) is 0.429. The molecule has 1 aliphatic rings. The lowest BCUT2D eigenvalue weighted by Crippen LogP contribution is -2.44. The van der Waals surface area contributed by atoms with Crippen LogP contribution in [0, 0.1) is 11.8 Å². The Hall–Kier alpha value is -1.11. The van der Waals surface area contributed by atoms with E-state index >= 15 is 0 Å². The number of benzene rings is 2. The van der Waals surface area contributed by atoms with Crippen molar-refractivity contribution in [3.8, 4) is 0 Å². The maximum Gasteiger partial charge on any atom is 0.113 e. The van der Waals surface area contributed by atoms with Crippen molar-refractivity contribution in [3.63, 3.8) is 0 Å². The second-order valence-corrected chi connectivity index (χ2v) is 9.63. The predicted molar refractivity (Wildman–Crippen MR) is 106 cm³/mol. The van der Waals surface area contributed by atoms with Gasteiger partial charge >= 0.3 is 0 Å². The highest BCUT2D eigenvalue weighted by Gasteiger charge is 2.45. The Labute approximate surface area is 148 Å². The minimum atomic E-state index is -1.03. The first-order valence-electron chi connectivity index (χ1n) is 8.91. The lowest BCUT2D eigenvalue weighted by Gasteiger charge is -2.41. The molecule has 1 aliphatic carbocycles. The van der Waals surface area contributed by atoms with E-state index in [1.54, 1.807) is 0 Å². The summed E-state index contributed by atoms with van der Waals surface area (Å²) < 4.78 is 0. The van der Waals surface area contributed by atoms with Crippen LogP contribution in [0.1, 0.15) is 33.1 Å². The molecule has 2 aromatic carbocycles. The van der Waals surface area contributed by atoms with Crippen LogP contribution >= 0.6 is 7.92 Å². The van der Waals surface area contributed by atoms with E-state index in [1.165, 1.54) is 10.6 Å². The van der Waals surface area contributed by atoms with Gasteiger partial charge in [0.2, 0.25) is 0 Å². The standard InChI is InChI=1S/C21H26BOP/c1-16(2)20(19-14-9-15-21(19,22)23)24(17-10-5-3-6-11-17)18-12-7-4-8-13-18/h3-8,10-13,16,19-20,23H,9,14-15H2,1-2H3/t19-,20+,21-/m1/s1. The van der Waals surface area contributed by atoms with Gasteiger partial charge in [-0.1, -0.05) is 80.9 Å². The van der Waals surface area contributed by atoms with Gasteiger partial charge in [-0.2, -0.15) is 0 Å². The number of hydrogen-bond donors (Lipinski definition) is 1. The van der Waals surface area contributed by atoms with Crippen molar-refractivity contribution in [2.45, 2.75) is 44.3 Å². The topological polar surface area (TPSA) is 20.2 Å². The van der Waals surface area contributed by atoms with Gasteiger partial charge in [0.05, 0.1) is 0 Å². The monoisotopic (exact) mass is 336 g/mol. The Morgan fingerprint density at radius 1 is 1.00 bits per heavy atom. The van der Waals surface area contributed by atoms with Crippen molar-refractivity contribution in [2.75, 3.05) is 0 Å². The first kappa shape index (κ1) is 17.7. The maximum absolute atomic E-state index is 10.8. The molecular weight excluding hydrogens is 310 g/mol. The van der Waals surface area contributed by atoms with Gasteiger partial charge in [0, 0.05) is 5.50 Å². The quantitative estimate of drug-likeness (QED) is 0.650. The van der Waals surface area contributed by atoms with Gasteiger partial charge in [-0.25, -0.2) is 0 Å². The third kappa shape index (κ3) is 3.61. The molecule has 0 aliphatic heterocycles. The maximum atomic E-state index is 10.8. The summed E-state index contributed by atoms with van der Waals surface area (Å²) in [6, 6.07) is 21.6. The molecule has 2 radical (unpaired) electrons. The normalized spacial score (nSPS) is 25.3. The molecule has 0 aromatic heterocycles. The van der Waals surface area contributed by atoms with Gasteiger partial charge in [-0.15, -0.1) is 0 Å². The summed E-state index contributed by atoms with van der Waals surface area (Å²) >= 11 is 0. The molecule has 24 heavy (non-hydrogen) atoms. The minimum absolute atomic E-state index is 0.157. The predicted octanol–water partition coefficient (Wildman–Crippen LogP) is 3.80. The summed E-state index contributed by atoms with van der Waals surface area (Å²) in [4.78, 5) is 0. The molecule has 1 saturated carbocycles. The van der Waals surface area contributed by atoms with Crippen LogP contribution in [0.2, 0.25) is 0 Å². The van der Waals surface area contributed by atoms with Crippen molar-refractivity contribution in [1.29, 1.82) is 0 Å². The van der Waals surface area contributed by atoms with E-state index in [4.69, 9.17) is 7.85 Å². The lowest BCUT2D eigenvalue weighted by molar-refractivity contribution is 0.0789. The van der Waals surface area contributed by atoms with Gasteiger partial charge in [0.1, 0.15) is 7.85 Å². The van der Waals surface area contributed by atoms with E-state index in [-0.39, 0.29) is 5.92 Å². The smallest absolute Gasteiger partial charge is 0.113 e. The largest absolute Gasteiger partial charge is 0.399 e. The van der Waals surface area contributed by atoms with Crippen LogP contribution in [-0.2, 0) is 0 Å². The number of rotatable bonds is 5. The average Bonchev–Trinajstić information content (AvgIpc) is 2.92. The Morgan fingerprint density at radius 2 is 1.50 bits per heavy atom. The summed E-state index contributed by atoms with van der Waals surface area (Å²) in [5.74, 6) is 0.624. The van der Waals surface area contributed by atoms with E-state index in [1.807, 2.05) is 0 Å². The fourth-order valence-electron chi connectivity index (χ4n) is 4.12. The van der Waals surface area contributed by atoms with Gasteiger partial charge in [0.15, 0.2) is 0 Å². The minimum Gasteiger partial charge on any atom is -0.399 e. The molecule has 124 valence electrons. The molecule has 0 saturated heterocycles. The molecule has 1 fully saturated rings. The number of hydrogen-bond acceptors (Lipinski definition) is 1. The SMILES string of the molecule is [B][C@@]1(O)CCC[C@@H]1[C@H](C(C)C)P(c1ccccc1)c1ccccc1. The second kappa shape index (κ2) is 7.42. The van der Waals surface area contributed by atoms with Crippen molar-refractivity contribution in [2.24, 2.45) is 11.8 Å². The highest BCUT2D eigenvalue weighted by Crippen LogP contribution is 2.52. The van der Waals surface area contributed by atoms with Crippen LogP contribution < -0.4 is 10.6 Å². The van der Waals surface area contributed by atoms with E-state index in [0.717, 1.165) is 12.8 Å². The highest BCUT2D eigenvalue weighted by atomic mass is 31.1. The van der Waals surface area contributed by atoms with E-state index < -0.39 is 13.4 Å². The molecule has 1 N–H and O–H groups in total. The van der Waals surface area contributed by atoms with Crippen molar-refractivity contribution >= 4 is 26.4 Å². The van der Waals surface area contributed by atoms with Crippen LogP contribution in [0.25, 0.3) is 0 Å². The third-order valence-corrected chi connectivity index (χ3v) is 8.46. The molecule has 0 spiro atoms. The lowest BCUT2D eigenvalue weighted by atomic mass is 9.70. The Bertz CT molecular complexity index is 602. The Morgan fingerprint density at radius 3 is 1.88 bits per heavy atom. The van der Waals surface area contributed by atoms with E-state index in [0.29, 0.717) is 18.0 Å². The average molecular weight is 336 g/mol. The molecule has 0 amide bonds. The van der Waals surface area contributed by atoms with Gasteiger partial charge < -0.3 is 5.11 Å². The van der Waals surface area contributed by atoms with Crippen LogP contribution in [0.4, 0.5) is 0 Å². The molecule has 0 unspecified atom stereocenters. The summed E-state index contributed by atoms with van der Waals surface area (Å²) in [5.41, 5.74) is -0.652. The zero-order valence-corrected chi connectivity index (χ0v) is 15.5. The molecule has 3 rings (SSSR count). The molecule has 3 atom stereocenters. The van der Waals surface area contributed by atoms with Gasteiger partial charge in [0.25, 0.3) is 0 Å². The molecule has 1 nitrogen and oxygen atoms in total. The third-order valence-electron chi connectivity index (χ3n) is 5.20. The van der Waals surface area contributed by atoms with Crippen LogP contribution in [0.5, 0.6) is 0 Å². The van der Waals surface area contributed by atoms with Crippen LogP contribution in [0.3, 0.4) is 0 Å². The van der Waals surface area contributed by atoms with Crippen molar-refractivity contribution in [1.82, 2.24) is 0 Å². The second-order valence-electron chi connectivity index (χ2n) is 7.27. The molecule has 3 heteroatoms. The summed E-state index contributed by atoms with van der Waals surface area (Å²) in [5, 5.41) is 13.6. The first-order valence-corrected chi connectivity index (χ1v) is 10.3. The van der Waals surface area contributed by atoms with Crippen LogP contribution in [-0.4, -0.2) is 24.1 Å². The summed E-state index contributed by atoms with van der Waals surface area (Å²) in [6.45, 7) is 4.56. The molecule has 0 bridgehead atoms. The van der Waals surface area contributed by atoms with E-state index in [9.17, 15) is 5.11 Å². The summed E-state index contributed by atoms with van der Waals surface area (Å²) in [7, 11) is 5.76. The molecular formula is C21H26BOP. The van der Waals surface area contributed by atoms with Gasteiger partial charge in [-0.05, 0) is 48.9 Å². The number of aliphatic hydroxyl groups is 1. The molecule has 2 aromatic rings. The van der Waals surface area contributed by atoms with Crippen LogP contribution in [0.15, 0.2) is 60.7 Å². The molecule has 0 heterocycles. The zero-order chi connectivity index (χ0) is 17.2. The highest BCUT2D eigenvalue weighted by molar-refractivity contribution is 7.73. The van der Waals surface area contributed by atoms with Crippen molar-refractivity contribution < 1.29 is 5.11 Å². The van der Waals surface area contributed by atoms with Gasteiger partial charge in [-0.3, -0.25) is 0 Å². The van der Waals surface area contributed by atoms with E-state index in [2.05, 4.69) is 74.5 Å². The summed E-state index contributed by atoms with van der Waals surface area (Å²) in [6.07, 6.45) is 2.76. The Balaban J connectivity index is 2.08. The zero-order valence-electron chi connectivity index (χ0n) is 14.6.